The van der Waals surface area contributed by atoms with Gasteiger partial charge in [0.05, 0.1) is 12.5 Å². The molecule has 1 saturated heterocycles. The number of benzene rings is 1. The highest BCUT2D eigenvalue weighted by Gasteiger charge is 2.32. The predicted molar refractivity (Wildman–Crippen MR) is 87.3 cm³/mol. The summed E-state index contributed by atoms with van der Waals surface area (Å²) in [7, 11) is 0. The van der Waals surface area contributed by atoms with E-state index in [1.165, 1.54) is 12.5 Å². The van der Waals surface area contributed by atoms with E-state index in [2.05, 4.69) is 5.32 Å². The number of likely N-dealkylation sites (tertiary alicyclic amines) is 1. The van der Waals surface area contributed by atoms with Gasteiger partial charge in [-0.05, 0) is 48.6 Å². The van der Waals surface area contributed by atoms with Crippen LogP contribution in [0.1, 0.15) is 28.4 Å². The minimum atomic E-state index is -0.137. The fourth-order valence-electron chi connectivity index (χ4n) is 2.97. The van der Waals surface area contributed by atoms with Gasteiger partial charge in [-0.1, -0.05) is 6.07 Å². The second-order valence-corrected chi connectivity index (χ2v) is 6.07. The first kappa shape index (κ1) is 15.3. The molecule has 0 radical (unpaired) electrons. The van der Waals surface area contributed by atoms with Gasteiger partial charge in [0.15, 0.2) is 0 Å². The molecular formula is C18H20N2O3. The van der Waals surface area contributed by atoms with Crippen molar-refractivity contribution in [1.29, 1.82) is 0 Å². The smallest absolute Gasteiger partial charge is 0.254 e. The third kappa shape index (κ3) is 3.28. The summed E-state index contributed by atoms with van der Waals surface area (Å²) in [4.78, 5) is 25.7. The molecule has 0 atom stereocenters. The SMILES string of the molecule is CC(=O)Nc1cccc(C(=O)N2CC(Cc3ccoc3)C2)c1C. The van der Waals surface area contributed by atoms with E-state index in [0.29, 0.717) is 17.2 Å². The quantitative estimate of drug-likeness (QED) is 0.944. The molecule has 2 amide bonds. The Morgan fingerprint density at radius 3 is 2.74 bits per heavy atom. The summed E-state index contributed by atoms with van der Waals surface area (Å²) in [5, 5.41) is 2.76. The van der Waals surface area contributed by atoms with E-state index in [4.69, 9.17) is 4.42 Å². The van der Waals surface area contributed by atoms with Crippen molar-refractivity contribution < 1.29 is 14.0 Å². The van der Waals surface area contributed by atoms with Gasteiger partial charge in [-0.2, -0.15) is 0 Å². The van der Waals surface area contributed by atoms with Gasteiger partial charge in [0, 0.05) is 31.3 Å². The summed E-state index contributed by atoms with van der Waals surface area (Å²) < 4.78 is 5.07. The van der Waals surface area contributed by atoms with Crippen molar-refractivity contribution >= 4 is 17.5 Å². The minimum absolute atomic E-state index is 0.0261. The summed E-state index contributed by atoms with van der Waals surface area (Å²) in [6, 6.07) is 7.39. The number of furan rings is 1. The average Bonchev–Trinajstić information content (AvgIpc) is 2.96. The van der Waals surface area contributed by atoms with E-state index >= 15 is 0 Å². The molecule has 120 valence electrons. The molecule has 1 aromatic carbocycles. The van der Waals surface area contributed by atoms with Gasteiger partial charge in [0.1, 0.15) is 0 Å². The summed E-state index contributed by atoms with van der Waals surface area (Å²) in [6.45, 7) is 4.84. The fraction of sp³-hybridized carbons (Fsp3) is 0.333. The Bertz CT molecular complexity index is 716. The first-order valence-corrected chi connectivity index (χ1v) is 7.72. The van der Waals surface area contributed by atoms with Crippen LogP contribution in [0.25, 0.3) is 0 Å². The fourth-order valence-corrected chi connectivity index (χ4v) is 2.97. The normalized spacial score (nSPS) is 14.4. The molecule has 2 heterocycles. The number of rotatable bonds is 4. The first-order valence-electron chi connectivity index (χ1n) is 7.72. The van der Waals surface area contributed by atoms with Crippen molar-refractivity contribution in [3.8, 4) is 0 Å². The molecule has 5 nitrogen and oxygen atoms in total. The van der Waals surface area contributed by atoms with Gasteiger partial charge in [0.2, 0.25) is 5.91 Å². The van der Waals surface area contributed by atoms with Crippen LogP contribution in [-0.2, 0) is 11.2 Å². The minimum Gasteiger partial charge on any atom is -0.472 e. The monoisotopic (exact) mass is 312 g/mol. The maximum atomic E-state index is 12.6. The highest BCUT2D eigenvalue weighted by Crippen LogP contribution is 2.26. The summed E-state index contributed by atoms with van der Waals surface area (Å²) in [5.74, 6) is 0.371. The van der Waals surface area contributed by atoms with Gasteiger partial charge in [-0.3, -0.25) is 9.59 Å². The van der Waals surface area contributed by atoms with Crippen LogP contribution in [0, 0.1) is 12.8 Å². The lowest BCUT2D eigenvalue weighted by Gasteiger charge is -2.39. The molecule has 0 saturated carbocycles. The Morgan fingerprint density at radius 1 is 1.30 bits per heavy atom. The lowest BCUT2D eigenvalue weighted by atomic mass is 9.92. The molecule has 1 aromatic heterocycles. The molecule has 1 N–H and O–H groups in total. The van der Waals surface area contributed by atoms with Crippen LogP contribution in [-0.4, -0.2) is 29.8 Å². The van der Waals surface area contributed by atoms with Gasteiger partial charge in [-0.15, -0.1) is 0 Å². The van der Waals surface area contributed by atoms with Gasteiger partial charge in [-0.25, -0.2) is 0 Å². The van der Waals surface area contributed by atoms with E-state index in [1.54, 1.807) is 18.6 Å². The molecule has 3 rings (SSSR count). The Kier molecular flexibility index (Phi) is 4.19. The van der Waals surface area contributed by atoms with E-state index in [0.717, 1.165) is 25.1 Å². The Hall–Kier alpha value is -2.56. The highest BCUT2D eigenvalue weighted by atomic mass is 16.3. The maximum Gasteiger partial charge on any atom is 0.254 e. The van der Waals surface area contributed by atoms with E-state index in [1.807, 2.05) is 30.0 Å². The van der Waals surface area contributed by atoms with E-state index in [9.17, 15) is 9.59 Å². The molecule has 1 fully saturated rings. The molecular weight excluding hydrogens is 292 g/mol. The zero-order chi connectivity index (χ0) is 16.4. The Morgan fingerprint density at radius 2 is 2.09 bits per heavy atom. The summed E-state index contributed by atoms with van der Waals surface area (Å²) in [5.41, 5.74) is 3.33. The number of amides is 2. The molecule has 23 heavy (non-hydrogen) atoms. The average molecular weight is 312 g/mol. The van der Waals surface area contributed by atoms with Gasteiger partial charge in [0.25, 0.3) is 5.91 Å². The second kappa shape index (κ2) is 6.28. The Balaban J connectivity index is 1.64. The van der Waals surface area contributed by atoms with E-state index in [-0.39, 0.29) is 11.8 Å². The van der Waals surface area contributed by atoms with Crippen LogP contribution in [0.2, 0.25) is 0 Å². The number of nitrogens with zero attached hydrogens (tertiary/aromatic N) is 1. The third-order valence-corrected chi connectivity index (χ3v) is 4.22. The number of hydrogen-bond donors (Lipinski definition) is 1. The molecule has 5 heteroatoms. The molecule has 0 spiro atoms. The molecule has 1 aliphatic rings. The summed E-state index contributed by atoms with van der Waals surface area (Å²) >= 11 is 0. The summed E-state index contributed by atoms with van der Waals surface area (Å²) in [6.07, 6.45) is 4.37. The number of nitrogens with one attached hydrogen (secondary N) is 1. The van der Waals surface area contributed by atoms with Crippen molar-refractivity contribution in [3.63, 3.8) is 0 Å². The van der Waals surface area contributed by atoms with Gasteiger partial charge < -0.3 is 14.6 Å². The topological polar surface area (TPSA) is 62.6 Å². The molecule has 0 unspecified atom stereocenters. The van der Waals surface area contributed by atoms with Crippen LogP contribution >= 0.6 is 0 Å². The van der Waals surface area contributed by atoms with Crippen molar-refractivity contribution in [1.82, 2.24) is 4.90 Å². The second-order valence-electron chi connectivity index (χ2n) is 6.07. The van der Waals surface area contributed by atoms with Crippen molar-refractivity contribution in [2.45, 2.75) is 20.3 Å². The van der Waals surface area contributed by atoms with E-state index < -0.39 is 0 Å². The van der Waals surface area contributed by atoms with Crippen LogP contribution < -0.4 is 5.32 Å². The largest absolute Gasteiger partial charge is 0.472 e. The number of anilines is 1. The van der Waals surface area contributed by atoms with Crippen molar-refractivity contribution in [3.05, 3.63) is 53.5 Å². The van der Waals surface area contributed by atoms with Crippen LogP contribution in [0.3, 0.4) is 0 Å². The van der Waals surface area contributed by atoms with Crippen LogP contribution in [0.15, 0.2) is 41.2 Å². The van der Waals surface area contributed by atoms with Crippen molar-refractivity contribution in [2.24, 2.45) is 5.92 Å². The number of carbonyl (C=O) groups excluding carboxylic acids is 2. The predicted octanol–water partition coefficient (Wildman–Crippen LogP) is 2.86. The highest BCUT2D eigenvalue weighted by molar-refractivity contribution is 5.99. The lowest BCUT2D eigenvalue weighted by molar-refractivity contribution is -0.114. The van der Waals surface area contributed by atoms with Crippen molar-refractivity contribution in [2.75, 3.05) is 18.4 Å². The molecule has 0 aliphatic carbocycles. The lowest BCUT2D eigenvalue weighted by Crippen LogP contribution is -2.50. The standard InChI is InChI=1S/C18H20N2O3/c1-12-16(4-3-5-17(12)19-13(2)21)18(22)20-9-15(10-20)8-14-6-7-23-11-14/h3-7,11,15H,8-10H2,1-2H3,(H,19,21). The molecule has 1 aliphatic heterocycles. The number of carbonyl (C=O) groups is 2. The van der Waals surface area contributed by atoms with Crippen LogP contribution in [0.4, 0.5) is 5.69 Å². The molecule has 2 aromatic rings. The van der Waals surface area contributed by atoms with Gasteiger partial charge >= 0.3 is 0 Å². The first-order chi connectivity index (χ1) is 11.0. The van der Waals surface area contributed by atoms with Crippen LogP contribution in [0.5, 0.6) is 0 Å². The molecule has 0 bridgehead atoms. The zero-order valence-electron chi connectivity index (χ0n) is 13.3. The third-order valence-electron chi connectivity index (χ3n) is 4.22. The Labute approximate surface area is 135 Å². The maximum absolute atomic E-state index is 12.6. The zero-order valence-corrected chi connectivity index (χ0v) is 13.3. The number of hydrogen-bond acceptors (Lipinski definition) is 3.